The number of nitrogens with one attached hydrogen (secondary N) is 1. The molecular formula is C15H24N2O2. The van der Waals surface area contributed by atoms with E-state index >= 15 is 0 Å². The molecule has 1 aromatic rings. The second kappa shape index (κ2) is 8.64. The summed E-state index contributed by atoms with van der Waals surface area (Å²) in [7, 11) is 0. The van der Waals surface area contributed by atoms with Crippen LogP contribution in [0.1, 0.15) is 55.7 Å². The summed E-state index contributed by atoms with van der Waals surface area (Å²) < 4.78 is 0. The third kappa shape index (κ3) is 5.83. The number of hydrogen-bond acceptors (Lipinski definition) is 3. The van der Waals surface area contributed by atoms with Crippen LogP contribution in [0, 0.1) is 5.92 Å². The molecule has 0 bridgehead atoms. The van der Waals surface area contributed by atoms with E-state index < -0.39 is 5.97 Å². The van der Waals surface area contributed by atoms with Crippen LogP contribution in [-0.4, -0.2) is 22.6 Å². The van der Waals surface area contributed by atoms with Crippen LogP contribution < -0.4 is 5.32 Å². The minimum Gasteiger partial charge on any atom is -0.477 e. The molecule has 1 unspecified atom stereocenters. The molecule has 0 fully saturated rings. The van der Waals surface area contributed by atoms with Gasteiger partial charge in [-0.3, -0.25) is 0 Å². The lowest BCUT2D eigenvalue weighted by Gasteiger charge is -2.15. The van der Waals surface area contributed by atoms with E-state index in [0.717, 1.165) is 12.2 Å². The topological polar surface area (TPSA) is 62.2 Å². The lowest BCUT2D eigenvalue weighted by atomic mass is 9.99. The lowest BCUT2D eigenvalue weighted by Crippen LogP contribution is -2.23. The van der Waals surface area contributed by atoms with Gasteiger partial charge in [0, 0.05) is 6.54 Å². The van der Waals surface area contributed by atoms with Gasteiger partial charge < -0.3 is 10.4 Å². The number of carboxylic acids is 1. The van der Waals surface area contributed by atoms with Crippen LogP contribution in [0.2, 0.25) is 0 Å². The van der Waals surface area contributed by atoms with E-state index in [4.69, 9.17) is 5.11 Å². The number of rotatable bonds is 9. The maximum Gasteiger partial charge on any atom is 0.354 e. The number of aromatic nitrogens is 1. The third-order valence-corrected chi connectivity index (χ3v) is 3.31. The molecule has 0 radical (unpaired) electrons. The molecule has 1 atom stereocenters. The fraction of sp³-hybridized carbons (Fsp3) is 0.600. The first-order valence-electron chi connectivity index (χ1n) is 7.07. The zero-order chi connectivity index (χ0) is 14.1. The zero-order valence-corrected chi connectivity index (χ0v) is 11.9. The molecule has 0 amide bonds. The van der Waals surface area contributed by atoms with Crippen LogP contribution in [0.3, 0.4) is 0 Å². The van der Waals surface area contributed by atoms with Crippen molar-refractivity contribution in [3.05, 3.63) is 29.6 Å². The van der Waals surface area contributed by atoms with Crippen LogP contribution >= 0.6 is 0 Å². The molecule has 19 heavy (non-hydrogen) atoms. The second-order valence-corrected chi connectivity index (χ2v) is 4.87. The van der Waals surface area contributed by atoms with Gasteiger partial charge in [-0.2, -0.15) is 0 Å². The van der Waals surface area contributed by atoms with E-state index in [1.807, 2.05) is 6.07 Å². The monoisotopic (exact) mass is 264 g/mol. The standard InChI is InChI=1S/C15H24N2O2/c1-3-5-7-12(4-2)10-16-11-13-8-6-9-14(17-13)15(18)19/h6,8-9,12,16H,3-5,7,10-11H2,1-2H3,(H,18,19). The van der Waals surface area contributed by atoms with Crippen molar-refractivity contribution in [3.8, 4) is 0 Å². The smallest absolute Gasteiger partial charge is 0.354 e. The molecule has 2 N–H and O–H groups in total. The first kappa shape index (κ1) is 15.6. The molecule has 1 rings (SSSR count). The van der Waals surface area contributed by atoms with Gasteiger partial charge in [0.1, 0.15) is 5.69 Å². The molecule has 1 heterocycles. The second-order valence-electron chi connectivity index (χ2n) is 4.87. The van der Waals surface area contributed by atoms with Gasteiger partial charge in [0.05, 0.1) is 5.69 Å². The quantitative estimate of drug-likeness (QED) is 0.719. The Morgan fingerprint density at radius 1 is 1.42 bits per heavy atom. The average molecular weight is 264 g/mol. The number of nitrogens with zero attached hydrogens (tertiary/aromatic N) is 1. The molecule has 0 aliphatic heterocycles. The Kier molecular flexibility index (Phi) is 7.11. The third-order valence-electron chi connectivity index (χ3n) is 3.31. The summed E-state index contributed by atoms with van der Waals surface area (Å²) in [5.74, 6) is -0.279. The van der Waals surface area contributed by atoms with E-state index in [-0.39, 0.29) is 5.69 Å². The maximum atomic E-state index is 10.8. The fourth-order valence-electron chi connectivity index (χ4n) is 2.04. The predicted molar refractivity (Wildman–Crippen MR) is 76.2 cm³/mol. The Bertz CT molecular complexity index is 393. The van der Waals surface area contributed by atoms with Gasteiger partial charge in [0.25, 0.3) is 0 Å². The minimum absolute atomic E-state index is 0.109. The molecule has 0 aliphatic rings. The summed E-state index contributed by atoms with van der Waals surface area (Å²) >= 11 is 0. The van der Waals surface area contributed by atoms with Crippen LogP contribution in [0.5, 0.6) is 0 Å². The largest absolute Gasteiger partial charge is 0.477 e. The molecule has 0 aromatic carbocycles. The molecule has 106 valence electrons. The molecule has 0 saturated heterocycles. The first-order valence-corrected chi connectivity index (χ1v) is 7.07. The van der Waals surface area contributed by atoms with E-state index in [9.17, 15) is 4.79 Å². The molecule has 0 saturated carbocycles. The Balaban J connectivity index is 2.39. The Labute approximate surface area is 115 Å². The van der Waals surface area contributed by atoms with Gasteiger partial charge in [-0.25, -0.2) is 9.78 Å². The molecular weight excluding hydrogens is 240 g/mol. The highest BCUT2D eigenvalue weighted by molar-refractivity contribution is 5.85. The van der Waals surface area contributed by atoms with E-state index in [1.165, 1.54) is 31.7 Å². The van der Waals surface area contributed by atoms with Crippen LogP contribution in [0.15, 0.2) is 18.2 Å². The summed E-state index contributed by atoms with van der Waals surface area (Å²) in [5.41, 5.74) is 0.891. The number of carboxylic acid groups (broad SMARTS) is 1. The zero-order valence-electron chi connectivity index (χ0n) is 11.9. The van der Waals surface area contributed by atoms with Crippen molar-refractivity contribution in [1.82, 2.24) is 10.3 Å². The highest BCUT2D eigenvalue weighted by Gasteiger charge is 2.07. The molecule has 0 aliphatic carbocycles. The molecule has 4 nitrogen and oxygen atoms in total. The first-order chi connectivity index (χ1) is 9.17. The summed E-state index contributed by atoms with van der Waals surface area (Å²) in [5, 5.41) is 12.2. The average Bonchev–Trinajstić information content (AvgIpc) is 2.43. The van der Waals surface area contributed by atoms with Gasteiger partial charge in [0.2, 0.25) is 0 Å². The molecule has 4 heteroatoms. The summed E-state index contributed by atoms with van der Waals surface area (Å²) in [4.78, 5) is 14.9. The SMILES string of the molecule is CCCCC(CC)CNCc1cccc(C(=O)O)n1. The van der Waals surface area contributed by atoms with Crippen LogP contribution in [0.25, 0.3) is 0 Å². The number of carbonyl (C=O) groups is 1. The Hall–Kier alpha value is -1.42. The van der Waals surface area contributed by atoms with Crippen molar-refractivity contribution in [3.63, 3.8) is 0 Å². The van der Waals surface area contributed by atoms with E-state index in [2.05, 4.69) is 24.1 Å². The number of hydrogen-bond donors (Lipinski definition) is 2. The van der Waals surface area contributed by atoms with Crippen molar-refractivity contribution in [2.75, 3.05) is 6.54 Å². The van der Waals surface area contributed by atoms with Gasteiger partial charge in [-0.05, 0) is 31.0 Å². The maximum absolute atomic E-state index is 10.8. The van der Waals surface area contributed by atoms with Crippen molar-refractivity contribution in [2.45, 2.75) is 46.1 Å². The lowest BCUT2D eigenvalue weighted by molar-refractivity contribution is 0.0690. The minimum atomic E-state index is -0.976. The van der Waals surface area contributed by atoms with Gasteiger partial charge in [-0.15, -0.1) is 0 Å². The highest BCUT2D eigenvalue weighted by atomic mass is 16.4. The van der Waals surface area contributed by atoms with Crippen molar-refractivity contribution < 1.29 is 9.90 Å². The van der Waals surface area contributed by atoms with E-state index in [1.54, 1.807) is 6.07 Å². The highest BCUT2D eigenvalue weighted by Crippen LogP contribution is 2.11. The number of pyridine rings is 1. The van der Waals surface area contributed by atoms with Crippen LogP contribution in [-0.2, 0) is 6.54 Å². The van der Waals surface area contributed by atoms with Crippen molar-refractivity contribution in [2.24, 2.45) is 5.92 Å². The normalized spacial score (nSPS) is 12.3. The fourth-order valence-corrected chi connectivity index (χ4v) is 2.04. The summed E-state index contributed by atoms with van der Waals surface area (Å²) in [6, 6.07) is 5.11. The van der Waals surface area contributed by atoms with Gasteiger partial charge in [-0.1, -0.05) is 39.2 Å². The van der Waals surface area contributed by atoms with Gasteiger partial charge >= 0.3 is 5.97 Å². The number of unbranched alkanes of at least 4 members (excludes halogenated alkanes) is 1. The summed E-state index contributed by atoms with van der Waals surface area (Å²) in [6.45, 7) is 6.02. The molecule has 0 spiro atoms. The van der Waals surface area contributed by atoms with Gasteiger partial charge in [0.15, 0.2) is 0 Å². The Morgan fingerprint density at radius 3 is 2.84 bits per heavy atom. The van der Waals surface area contributed by atoms with Crippen molar-refractivity contribution in [1.29, 1.82) is 0 Å². The predicted octanol–water partition coefficient (Wildman–Crippen LogP) is 3.09. The van der Waals surface area contributed by atoms with Crippen molar-refractivity contribution >= 4 is 5.97 Å². The summed E-state index contributed by atoms with van der Waals surface area (Å²) in [6.07, 6.45) is 4.93. The Morgan fingerprint density at radius 2 is 2.21 bits per heavy atom. The number of aromatic carboxylic acids is 1. The van der Waals surface area contributed by atoms with Crippen LogP contribution in [0.4, 0.5) is 0 Å². The van der Waals surface area contributed by atoms with E-state index in [0.29, 0.717) is 12.5 Å². The molecule has 1 aromatic heterocycles.